The van der Waals surface area contributed by atoms with Gasteiger partial charge in [0.25, 0.3) is 5.82 Å². The van der Waals surface area contributed by atoms with Gasteiger partial charge in [-0.3, -0.25) is 4.79 Å². The van der Waals surface area contributed by atoms with Gasteiger partial charge in [-0.2, -0.15) is 17.7 Å². The average molecular weight is 400 g/mol. The molecule has 0 bridgehead atoms. The molecule has 1 aliphatic heterocycles. The van der Waals surface area contributed by atoms with Gasteiger partial charge in [-0.1, -0.05) is 0 Å². The summed E-state index contributed by atoms with van der Waals surface area (Å²) in [7, 11) is 1.55. The Balaban J connectivity index is 1.75. The Labute approximate surface area is 160 Å². The number of likely N-dealkylation sites (tertiary alicyclic amines) is 1. The third-order valence-electron chi connectivity index (χ3n) is 5.06. The fraction of sp³-hybridized carbons (Fsp3) is 0.647. The summed E-state index contributed by atoms with van der Waals surface area (Å²) in [4.78, 5) is 13.8. The number of aromatic nitrogens is 4. The van der Waals surface area contributed by atoms with E-state index >= 15 is 0 Å². The molecule has 154 valence electrons. The quantitative estimate of drug-likeness (QED) is 0.828. The summed E-state index contributed by atoms with van der Waals surface area (Å²) in [6.07, 6.45) is -2.92. The Hall–Kier alpha value is -2.43. The first kappa shape index (κ1) is 20.3. The highest BCUT2D eigenvalue weighted by molar-refractivity contribution is 5.76. The van der Waals surface area contributed by atoms with E-state index < -0.39 is 12.0 Å². The monoisotopic (exact) mass is 400 g/mol. The largest absolute Gasteiger partial charge is 0.453 e. The molecule has 0 unspecified atom stereocenters. The highest BCUT2D eigenvalue weighted by Gasteiger charge is 2.38. The SMILES string of the molecule is COCCC(=O)N1CCC(Nc2nn3c(C(F)(F)F)nnc3c(C)c2C)CC1. The number of halogens is 3. The molecule has 0 atom stereocenters. The fourth-order valence-electron chi connectivity index (χ4n) is 3.26. The van der Waals surface area contributed by atoms with Crippen molar-refractivity contribution >= 4 is 17.4 Å². The smallest absolute Gasteiger partial charge is 0.384 e. The topological polar surface area (TPSA) is 84.7 Å². The van der Waals surface area contributed by atoms with E-state index in [1.807, 2.05) is 0 Å². The zero-order valence-electron chi connectivity index (χ0n) is 16.0. The number of methoxy groups -OCH3 is 1. The van der Waals surface area contributed by atoms with Gasteiger partial charge in [-0.15, -0.1) is 15.3 Å². The third-order valence-corrected chi connectivity index (χ3v) is 5.06. The van der Waals surface area contributed by atoms with Crippen molar-refractivity contribution in [3.05, 3.63) is 17.0 Å². The van der Waals surface area contributed by atoms with Crippen LogP contribution in [0, 0.1) is 13.8 Å². The van der Waals surface area contributed by atoms with E-state index in [2.05, 4.69) is 20.6 Å². The lowest BCUT2D eigenvalue weighted by atomic mass is 10.0. The number of nitrogens with zero attached hydrogens (tertiary/aromatic N) is 5. The molecule has 0 spiro atoms. The van der Waals surface area contributed by atoms with Crippen LogP contribution in [0.15, 0.2) is 0 Å². The molecule has 0 radical (unpaired) electrons. The van der Waals surface area contributed by atoms with E-state index in [0.29, 0.717) is 50.3 Å². The van der Waals surface area contributed by atoms with Crippen molar-refractivity contribution in [1.29, 1.82) is 0 Å². The Bertz CT molecular complexity index is 859. The molecule has 3 rings (SSSR count). The van der Waals surface area contributed by atoms with Crippen LogP contribution in [0.5, 0.6) is 0 Å². The van der Waals surface area contributed by atoms with E-state index in [4.69, 9.17) is 4.74 Å². The number of fused-ring (bicyclic) bond motifs is 1. The van der Waals surface area contributed by atoms with Crippen LogP contribution in [-0.2, 0) is 15.7 Å². The second kappa shape index (κ2) is 7.90. The van der Waals surface area contributed by atoms with Crippen molar-refractivity contribution in [1.82, 2.24) is 24.7 Å². The number of hydrogen-bond acceptors (Lipinski definition) is 6. The van der Waals surface area contributed by atoms with Gasteiger partial charge in [0, 0.05) is 31.8 Å². The number of amides is 1. The molecule has 2 aromatic heterocycles. The number of hydrogen-bond donors (Lipinski definition) is 1. The summed E-state index contributed by atoms with van der Waals surface area (Å²) < 4.78 is 45.1. The molecule has 1 N–H and O–H groups in total. The van der Waals surface area contributed by atoms with Crippen molar-refractivity contribution in [2.75, 3.05) is 32.1 Å². The molecule has 28 heavy (non-hydrogen) atoms. The van der Waals surface area contributed by atoms with Gasteiger partial charge in [0.15, 0.2) is 11.5 Å². The Morgan fingerprint density at radius 2 is 1.89 bits per heavy atom. The van der Waals surface area contributed by atoms with Crippen molar-refractivity contribution < 1.29 is 22.7 Å². The maximum absolute atomic E-state index is 13.2. The standard InChI is InChI=1S/C17H23F3N6O2/c1-10-11(2)15-22-23-16(17(18,19)20)26(15)24-14(10)21-12-4-7-25(8-5-12)13(27)6-9-28-3/h12H,4-9H2,1-3H3,(H,21,24). The molecule has 1 fully saturated rings. The number of alkyl halides is 3. The Morgan fingerprint density at radius 3 is 2.50 bits per heavy atom. The van der Waals surface area contributed by atoms with Crippen LogP contribution in [0.4, 0.5) is 19.0 Å². The maximum atomic E-state index is 13.2. The Morgan fingerprint density at radius 1 is 1.21 bits per heavy atom. The van der Waals surface area contributed by atoms with Gasteiger partial charge >= 0.3 is 6.18 Å². The van der Waals surface area contributed by atoms with Crippen LogP contribution < -0.4 is 5.32 Å². The van der Waals surface area contributed by atoms with Gasteiger partial charge in [-0.25, -0.2) is 0 Å². The molecule has 11 heteroatoms. The second-order valence-electron chi connectivity index (χ2n) is 6.90. The molecule has 2 aromatic rings. The highest BCUT2D eigenvalue weighted by atomic mass is 19.4. The van der Waals surface area contributed by atoms with Crippen LogP contribution in [0.2, 0.25) is 0 Å². The molecule has 1 aliphatic rings. The number of carbonyl (C=O) groups excluding carboxylic acids is 1. The maximum Gasteiger partial charge on any atom is 0.453 e. The van der Waals surface area contributed by atoms with Gasteiger partial charge in [0.05, 0.1) is 13.0 Å². The van der Waals surface area contributed by atoms with E-state index in [0.717, 1.165) is 10.1 Å². The van der Waals surface area contributed by atoms with Crippen LogP contribution >= 0.6 is 0 Å². The van der Waals surface area contributed by atoms with Gasteiger partial charge in [0.1, 0.15) is 0 Å². The van der Waals surface area contributed by atoms with Crippen LogP contribution in [0.3, 0.4) is 0 Å². The lowest BCUT2D eigenvalue weighted by molar-refractivity contribution is -0.146. The molecule has 3 heterocycles. The van der Waals surface area contributed by atoms with Crippen molar-refractivity contribution in [3.63, 3.8) is 0 Å². The number of ether oxygens (including phenoxy) is 1. The third kappa shape index (κ3) is 4.03. The number of carbonyl (C=O) groups is 1. The summed E-state index contributed by atoms with van der Waals surface area (Å²) in [5.41, 5.74) is 1.41. The highest BCUT2D eigenvalue weighted by Crippen LogP contribution is 2.30. The van der Waals surface area contributed by atoms with Crippen LogP contribution in [-0.4, -0.2) is 63.5 Å². The lowest BCUT2D eigenvalue weighted by Crippen LogP contribution is -2.42. The van der Waals surface area contributed by atoms with Crippen LogP contribution in [0.1, 0.15) is 36.2 Å². The summed E-state index contributed by atoms with van der Waals surface area (Å²) in [5, 5.41) is 14.2. The number of rotatable bonds is 5. The predicted molar refractivity (Wildman–Crippen MR) is 95.0 cm³/mol. The number of nitrogens with one attached hydrogen (secondary N) is 1. The van der Waals surface area contributed by atoms with Gasteiger partial charge < -0.3 is 15.0 Å². The predicted octanol–water partition coefficient (Wildman–Crippen LogP) is 2.20. The average Bonchev–Trinajstić information content (AvgIpc) is 3.09. The van der Waals surface area contributed by atoms with E-state index in [-0.39, 0.29) is 17.6 Å². The molecule has 0 aliphatic carbocycles. The number of anilines is 1. The van der Waals surface area contributed by atoms with Crippen LogP contribution in [0.25, 0.3) is 5.65 Å². The Kier molecular flexibility index (Phi) is 5.73. The molecular weight excluding hydrogens is 377 g/mol. The first-order chi connectivity index (χ1) is 13.2. The van der Waals surface area contributed by atoms with Gasteiger partial charge in [0.2, 0.25) is 5.91 Å². The van der Waals surface area contributed by atoms with E-state index in [9.17, 15) is 18.0 Å². The molecule has 1 amide bonds. The van der Waals surface area contributed by atoms with Crippen molar-refractivity contribution in [3.8, 4) is 0 Å². The first-order valence-electron chi connectivity index (χ1n) is 9.05. The van der Waals surface area contributed by atoms with Gasteiger partial charge in [-0.05, 0) is 32.3 Å². The van der Waals surface area contributed by atoms with E-state index in [1.165, 1.54) is 0 Å². The summed E-state index contributed by atoms with van der Waals surface area (Å²) in [6, 6.07) is 0.0142. The van der Waals surface area contributed by atoms with Crippen molar-refractivity contribution in [2.45, 2.75) is 45.3 Å². The second-order valence-corrected chi connectivity index (χ2v) is 6.90. The van der Waals surface area contributed by atoms with E-state index in [1.54, 1.807) is 25.9 Å². The normalized spacial score (nSPS) is 16.0. The minimum Gasteiger partial charge on any atom is -0.384 e. The zero-order chi connectivity index (χ0) is 20.5. The number of aryl methyl sites for hydroxylation is 1. The first-order valence-corrected chi connectivity index (χ1v) is 9.05. The molecule has 0 saturated carbocycles. The number of piperidine rings is 1. The summed E-state index contributed by atoms with van der Waals surface area (Å²) >= 11 is 0. The molecule has 8 nitrogen and oxygen atoms in total. The fourth-order valence-corrected chi connectivity index (χ4v) is 3.26. The zero-order valence-corrected chi connectivity index (χ0v) is 16.0. The minimum absolute atomic E-state index is 0.0142. The molecular formula is C17H23F3N6O2. The molecule has 0 aromatic carbocycles. The molecule has 1 saturated heterocycles. The minimum atomic E-state index is -4.64. The summed E-state index contributed by atoms with van der Waals surface area (Å²) in [6.45, 7) is 5.04. The lowest BCUT2D eigenvalue weighted by Gasteiger charge is -2.33. The summed E-state index contributed by atoms with van der Waals surface area (Å²) in [5.74, 6) is -0.724. The van der Waals surface area contributed by atoms with Crippen molar-refractivity contribution in [2.24, 2.45) is 0 Å².